The van der Waals surface area contributed by atoms with Gasteiger partial charge in [0.15, 0.2) is 0 Å². The van der Waals surface area contributed by atoms with Crippen molar-refractivity contribution >= 4 is 11.6 Å². The van der Waals surface area contributed by atoms with E-state index < -0.39 is 0 Å². The van der Waals surface area contributed by atoms with Gasteiger partial charge in [-0.15, -0.1) is 0 Å². The van der Waals surface area contributed by atoms with Crippen molar-refractivity contribution in [2.24, 2.45) is 0 Å². The molecule has 1 N–H and O–H groups in total. The predicted octanol–water partition coefficient (Wildman–Crippen LogP) is 3.31. The molecule has 0 amide bonds. The molecule has 0 aromatic heterocycles. The van der Waals surface area contributed by atoms with Crippen LogP contribution in [0.3, 0.4) is 0 Å². The maximum atomic E-state index is 6.18. The highest BCUT2D eigenvalue weighted by Crippen LogP contribution is 2.27. The van der Waals surface area contributed by atoms with Crippen LogP contribution in [0.2, 0.25) is 5.02 Å². The third kappa shape index (κ3) is 3.87. The summed E-state index contributed by atoms with van der Waals surface area (Å²) in [7, 11) is 5.92. The maximum absolute atomic E-state index is 6.18. The lowest BCUT2D eigenvalue weighted by molar-refractivity contribution is 0.170. The molecule has 3 nitrogen and oxygen atoms in total. The highest BCUT2D eigenvalue weighted by molar-refractivity contribution is 6.32. The van der Waals surface area contributed by atoms with E-state index in [0.717, 1.165) is 12.3 Å². The Kier molecular flexibility index (Phi) is 5.70. The molecule has 0 atom stereocenters. The molecule has 0 unspecified atom stereocenters. The molecule has 1 aliphatic carbocycles. The van der Waals surface area contributed by atoms with Gasteiger partial charge in [0.1, 0.15) is 5.75 Å². The summed E-state index contributed by atoms with van der Waals surface area (Å²) in [5.74, 6) is 0.743. The topological polar surface area (TPSA) is 24.5 Å². The minimum Gasteiger partial charge on any atom is -0.495 e. The van der Waals surface area contributed by atoms with Crippen molar-refractivity contribution in [1.82, 2.24) is 10.2 Å². The van der Waals surface area contributed by atoms with E-state index in [1.54, 1.807) is 7.11 Å². The number of hydrogen-bond donors (Lipinski definition) is 1. The SMILES string of the molecule is CNC1CCC(N(C)Cc2ccc(OC)c(Cl)c2)CC1. The van der Waals surface area contributed by atoms with Crippen molar-refractivity contribution in [2.45, 2.75) is 44.3 Å². The van der Waals surface area contributed by atoms with Gasteiger partial charge in [-0.25, -0.2) is 0 Å². The zero-order chi connectivity index (χ0) is 14.5. The van der Waals surface area contributed by atoms with Crippen LogP contribution in [-0.2, 0) is 6.54 Å². The second kappa shape index (κ2) is 7.30. The lowest BCUT2D eigenvalue weighted by Gasteiger charge is -2.34. The fourth-order valence-electron chi connectivity index (χ4n) is 3.03. The van der Waals surface area contributed by atoms with Crippen LogP contribution in [0.5, 0.6) is 5.75 Å². The van der Waals surface area contributed by atoms with Gasteiger partial charge >= 0.3 is 0 Å². The second-order valence-electron chi connectivity index (χ2n) is 5.68. The van der Waals surface area contributed by atoms with E-state index in [1.165, 1.54) is 31.2 Å². The van der Waals surface area contributed by atoms with Gasteiger partial charge in [0.2, 0.25) is 0 Å². The molecule has 20 heavy (non-hydrogen) atoms. The number of methoxy groups -OCH3 is 1. The minimum absolute atomic E-state index is 0.681. The summed E-state index contributed by atoms with van der Waals surface area (Å²) >= 11 is 6.18. The van der Waals surface area contributed by atoms with Crippen LogP contribution in [-0.4, -0.2) is 38.2 Å². The zero-order valence-electron chi connectivity index (χ0n) is 12.7. The van der Waals surface area contributed by atoms with Crippen molar-refractivity contribution in [3.8, 4) is 5.75 Å². The van der Waals surface area contributed by atoms with E-state index in [2.05, 4.69) is 30.4 Å². The first-order valence-electron chi connectivity index (χ1n) is 7.34. The van der Waals surface area contributed by atoms with E-state index in [-0.39, 0.29) is 0 Å². The van der Waals surface area contributed by atoms with E-state index in [9.17, 15) is 0 Å². The van der Waals surface area contributed by atoms with Crippen LogP contribution in [0.4, 0.5) is 0 Å². The van der Waals surface area contributed by atoms with Crippen molar-refractivity contribution in [3.63, 3.8) is 0 Å². The number of hydrogen-bond acceptors (Lipinski definition) is 3. The molecule has 1 aromatic rings. The molecular formula is C16H25ClN2O. The predicted molar refractivity (Wildman–Crippen MR) is 84.6 cm³/mol. The lowest BCUT2D eigenvalue weighted by Crippen LogP contribution is -2.39. The number of nitrogens with zero attached hydrogens (tertiary/aromatic N) is 1. The Balaban J connectivity index is 1.91. The highest BCUT2D eigenvalue weighted by atomic mass is 35.5. The molecule has 112 valence electrons. The molecule has 0 aliphatic heterocycles. The quantitative estimate of drug-likeness (QED) is 0.902. The number of benzene rings is 1. The zero-order valence-corrected chi connectivity index (χ0v) is 13.4. The summed E-state index contributed by atoms with van der Waals surface area (Å²) in [4.78, 5) is 2.45. The van der Waals surface area contributed by atoms with E-state index >= 15 is 0 Å². The normalized spacial score (nSPS) is 23.1. The molecule has 1 aromatic carbocycles. The smallest absolute Gasteiger partial charge is 0.137 e. The first kappa shape index (κ1) is 15.6. The summed E-state index contributed by atoms with van der Waals surface area (Å²) in [6, 6.07) is 7.44. The summed E-state index contributed by atoms with van der Waals surface area (Å²) in [6.07, 6.45) is 5.08. The van der Waals surface area contributed by atoms with E-state index in [4.69, 9.17) is 16.3 Å². The molecule has 2 rings (SSSR count). The number of nitrogens with one attached hydrogen (secondary N) is 1. The van der Waals surface area contributed by atoms with E-state index in [0.29, 0.717) is 17.1 Å². The Morgan fingerprint density at radius 3 is 2.55 bits per heavy atom. The highest BCUT2D eigenvalue weighted by Gasteiger charge is 2.23. The second-order valence-corrected chi connectivity index (χ2v) is 6.09. The number of halogens is 1. The third-order valence-electron chi connectivity index (χ3n) is 4.38. The van der Waals surface area contributed by atoms with Gasteiger partial charge in [-0.3, -0.25) is 4.90 Å². The Morgan fingerprint density at radius 2 is 2.00 bits per heavy atom. The molecule has 1 fully saturated rings. The average Bonchev–Trinajstić information content (AvgIpc) is 2.47. The first-order chi connectivity index (χ1) is 9.63. The van der Waals surface area contributed by atoms with Gasteiger partial charge in [-0.05, 0) is 57.5 Å². The molecule has 0 radical (unpaired) electrons. The molecule has 0 bridgehead atoms. The fraction of sp³-hybridized carbons (Fsp3) is 0.625. The van der Waals surface area contributed by atoms with Gasteiger partial charge in [-0.2, -0.15) is 0 Å². The van der Waals surface area contributed by atoms with Crippen LogP contribution in [0.1, 0.15) is 31.2 Å². The average molecular weight is 297 g/mol. The molecular weight excluding hydrogens is 272 g/mol. The maximum Gasteiger partial charge on any atom is 0.137 e. The van der Waals surface area contributed by atoms with E-state index in [1.807, 2.05) is 12.1 Å². The summed E-state index contributed by atoms with van der Waals surface area (Å²) < 4.78 is 5.19. The Hall–Kier alpha value is -0.770. The standard InChI is InChI=1S/C16H25ClN2O/c1-18-13-5-7-14(8-6-13)19(2)11-12-4-9-16(20-3)15(17)10-12/h4,9-10,13-14,18H,5-8,11H2,1-3H3. The molecule has 0 saturated heterocycles. The van der Waals surface area contributed by atoms with Gasteiger partial charge in [0.05, 0.1) is 12.1 Å². The first-order valence-corrected chi connectivity index (χ1v) is 7.71. The van der Waals surface area contributed by atoms with Crippen LogP contribution in [0.25, 0.3) is 0 Å². The molecule has 1 saturated carbocycles. The molecule has 4 heteroatoms. The van der Waals surface area contributed by atoms with Crippen molar-refractivity contribution in [3.05, 3.63) is 28.8 Å². The largest absolute Gasteiger partial charge is 0.495 e. The van der Waals surface area contributed by atoms with Gasteiger partial charge < -0.3 is 10.1 Å². The summed E-state index contributed by atoms with van der Waals surface area (Å²) in [6.45, 7) is 0.943. The van der Waals surface area contributed by atoms with Gasteiger partial charge in [-0.1, -0.05) is 17.7 Å². The Bertz CT molecular complexity index is 430. The fourth-order valence-corrected chi connectivity index (χ4v) is 3.31. The van der Waals surface area contributed by atoms with Gasteiger partial charge in [0, 0.05) is 18.6 Å². The third-order valence-corrected chi connectivity index (χ3v) is 4.67. The van der Waals surface area contributed by atoms with Crippen molar-refractivity contribution in [2.75, 3.05) is 21.2 Å². The van der Waals surface area contributed by atoms with Crippen molar-refractivity contribution in [1.29, 1.82) is 0 Å². The van der Waals surface area contributed by atoms with Crippen LogP contribution in [0, 0.1) is 0 Å². The van der Waals surface area contributed by atoms with Gasteiger partial charge in [0.25, 0.3) is 0 Å². The molecule has 1 aliphatic rings. The summed E-state index contributed by atoms with van der Waals surface area (Å²) in [5, 5.41) is 4.08. The Morgan fingerprint density at radius 1 is 1.30 bits per heavy atom. The number of rotatable bonds is 5. The van der Waals surface area contributed by atoms with Crippen LogP contribution in [0.15, 0.2) is 18.2 Å². The van der Waals surface area contributed by atoms with Crippen LogP contribution < -0.4 is 10.1 Å². The van der Waals surface area contributed by atoms with Crippen LogP contribution >= 0.6 is 11.6 Å². The summed E-state index contributed by atoms with van der Waals surface area (Å²) in [5.41, 5.74) is 1.24. The molecule has 0 heterocycles. The minimum atomic E-state index is 0.681. The van der Waals surface area contributed by atoms with Crippen molar-refractivity contribution < 1.29 is 4.74 Å². The number of ether oxygens (including phenoxy) is 1. The monoisotopic (exact) mass is 296 g/mol. The molecule has 0 spiro atoms. The Labute approximate surface area is 127 Å². The lowest BCUT2D eigenvalue weighted by atomic mass is 9.90.